The highest BCUT2D eigenvalue weighted by molar-refractivity contribution is 5.77. The number of amides is 1. The van der Waals surface area contributed by atoms with Crippen LogP contribution in [-0.4, -0.2) is 45.5 Å². The molecule has 1 amide bonds. The van der Waals surface area contributed by atoms with Gasteiger partial charge in [-0.1, -0.05) is 0 Å². The lowest BCUT2D eigenvalue weighted by atomic mass is 10.3. The lowest BCUT2D eigenvalue weighted by Crippen LogP contribution is -2.34. The number of benzene rings is 1. The number of hydrogen-bond acceptors (Lipinski definition) is 5. The summed E-state index contributed by atoms with van der Waals surface area (Å²) in [5.74, 6) is -0.679. The predicted octanol–water partition coefficient (Wildman–Crippen LogP) is 0.484. The van der Waals surface area contributed by atoms with Crippen LogP contribution in [0.5, 0.6) is 0 Å². The Morgan fingerprint density at radius 1 is 1.32 bits per heavy atom. The van der Waals surface area contributed by atoms with E-state index in [0.717, 1.165) is 0 Å². The molecule has 0 radical (unpaired) electrons. The second-order valence-corrected chi connectivity index (χ2v) is 5.29. The standard InChI is InChI=1S/C16H16FN5O3/c1-25-7-6-18-14(23)9-21-10-19-15-13(16(21)24)8-20-22(15)12-4-2-11(17)3-5-12/h2-5,8,10H,6-7,9H2,1H3,(H,18,23). The van der Waals surface area contributed by atoms with Gasteiger partial charge in [-0.05, 0) is 24.3 Å². The van der Waals surface area contributed by atoms with Gasteiger partial charge in [-0.15, -0.1) is 0 Å². The lowest BCUT2D eigenvalue weighted by molar-refractivity contribution is -0.121. The van der Waals surface area contributed by atoms with Crippen LogP contribution in [0.3, 0.4) is 0 Å². The van der Waals surface area contributed by atoms with E-state index >= 15 is 0 Å². The molecule has 0 saturated carbocycles. The van der Waals surface area contributed by atoms with E-state index < -0.39 is 0 Å². The van der Waals surface area contributed by atoms with Gasteiger partial charge >= 0.3 is 0 Å². The molecule has 0 saturated heterocycles. The smallest absolute Gasteiger partial charge is 0.264 e. The first-order chi connectivity index (χ1) is 12.1. The fourth-order valence-corrected chi connectivity index (χ4v) is 2.34. The summed E-state index contributed by atoms with van der Waals surface area (Å²) in [6, 6.07) is 5.68. The molecule has 1 aromatic carbocycles. The zero-order chi connectivity index (χ0) is 17.8. The normalized spacial score (nSPS) is 11.0. The Kier molecular flexibility index (Phi) is 4.85. The van der Waals surface area contributed by atoms with Gasteiger partial charge in [0.05, 0.1) is 18.5 Å². The number of carbonyl (C=O) groups excluding carboxylic acids is 1. The van der Waals surface area contributed by atoms with Crippen molar-refractivity contribution in [3.8, 4) is 5.69 Å². The quantitative estimate of drug-likeness (QED) is 0.657. The zero-order valence-corrected chi connectivity index (χ0v) is 13.5. The molecular weight excluding hydrogens is 329 g/mol. The third-order valence-electron chi connectivity index (χ3n) is 3.57. The minimum Gasteiger partial charge on any atom is -0.383 e. The molecular formula is C16H16FN5O3. The molecule has 0 aliphatic carbocycles. The van der Waals surface area contributed by atoms with Gasteiger partial charge in [0, 0.05) is 13.7 Å². The maximum atomic E-state index is 13.0. The van der Waals surface area contributed by atoms with Gasteiger partial charge in [0.25, 0.3) is 5.56 Å². The van der Waals surface area contributed by atoms with Gasteiger partial charge in [0.2, 0.25) is 5.91 Å². The van der Waals surface area contributed by atoms with Crippen LogP contribution in [0.4, 0.5) is 4.39 Å². The average Bonchev–Trinajstić information content (AvgIpc) is 3.03. The number of aromatic nitrogens is 4. The maximum absolute atomic E-state index is 13.0. The largest absolute Gasteiger partial charge is 0.383 e. The topological polar surface area (TPSA) is 91.0 Å². The Morgan fingerprint density at radius 2 is 2.08 bits per heavy atom. The van der Waals surface area contributed by atoms with Crippen LogP contribution in [0.25, 0.3) is 16.7 Å². The summed E-state index contributed by atoms with van der Waals surface area (Å²) < 4.78 is 20.5. The van der Waals surface area contributed by atoms with Crippen molar-refractivity contribution in [2.45, 2.75) is 6.54 Å². The number of ether oxygens (including phenoxy) is 1. The highest BCUT2D eigenvalue weighted by Crippen LogP contribution is 2.13. The molecule has 0 aliphatic rings. The van der Waals surface area contributed by atoms with E-state index in [1.807, 2.05) is 0 Å². The van der Waals surface area contributed by atoms with Crippen molar-refractivity contribution in [3.63, 3.8) is 0 Å². The molecule has 0 fully saturated rings. The zero-order valence-electron chi connectivity index (χ0n) is 13.5. The first kappa shape index (κ1) is 16.8. The van der Waals surface area contributed by atoms with Crippen LogP contribution in [0.15, 0.2) is 41.6 Å². The highest BCUT2D eigenvalue weighted by atomic mass is 19.1. The van der Waals surface area contributed by atoms with Gasteiger partial charge in [0.15, 0.2) is 5.65 Å². The van der Waals surface area contributed by atoms with E-state index in [0.29, 0.717) is 24.5 Å². The van der Waals surface area contributed by atoms with Crippen LogP contribution in [0.2, 0.25) is 0 Å². The molecule has 1 N–H and O–H groups in total. The number of methoxy groups -OCH3 is 1. The Labute approximate surface area is 141 Å². The van der Waals surface area contributed by atoms with Gasteiger partial charge in [-0.2, -0.15) is 5.10 Å². The molecule has 0 spiro atoms. The molecule has 8 nitrogen and oxygen atoms in total. The molecule has 0 bridgehead atoms. The summed E-state index contributed by atoms with van der Waals surface area (Å²) in [7, 11) is 1.54. The second-order valence-electron chi connectivity index (χ2n) is 5.29. The molecule has 9 heteroatoms. The van der Waals surface area contributed by atoms with E-state index in [9.17, 15) is 14.0 Å². The number of hydrogen-bond donors (Lipinski definition) is 1. The number of carbonyl (C=O) groups is 1. The van der Waals surface area contributed by atoms with E-state index in [2.05, 4.69) is 15.4 Å². The Bertz CT molecular complexity index is 949. The summed E-state index contributed by atoms with van der Waals surface area (Å²) in [6.45, 7) is 0.609. The van der Waals surface area contributed by atoms with Gasteiger partial charge < -0.3 is 10.1 Å². The van der Waals surface area contributed by atoms with E-state index in [4.69, 9.17) is 4.74 Å². The first-order valence-corrected chi connectivity index (χ1v) is 7.55. The number of halogens is 1. The molecule has 2 aromatic heterocycles. The second kappa shape index (κ2) is 7.22. The summed E-state index contributed by atoms with van der Waals surface area (Å²) >= 11 is 0. The maximum Gasteiger partial charge on any atom is 0.264 e. The molecule has 25 heavy (non-hydrogen) atoms. The SMILES string of the molecule is COCCNC(=O)Cn1cnc2c(cnn2-c2ccc(F)cc2)c1=O. The predicted molar refractivity (Wildman–Crippen MR) is 88.0 cm³/mol. The molecule has 3 rings (SSSR count). The Morgan fingerprint density at radius 3 is 2.80 bits per heavy atom. The average molecular weight is 345 g/mol. The number of fused-ring (bicyclic) bond motifs is 1. The van der Waals surface area contributed by atoms with Crippen molar-refractivity contribution in [1.82, 2.24) is 24.6 Å². The van der Waals surface area contributed by atoms with Crippen molar-refractivity contribution < 1.29 is 13.9 Å². The number of nitrogens with zero attached hydrogens (tertiary/aromatic N) is 4. The third kappa shape index (κ3) is 3.56. The molecule has 3 aromatic rings. The van der Waals surface area contributed by atoms with Crippen molar-refractivity contribution in [3.05, 3.63) is 53.0 Å². The lowest BCUT2D eigenvalue weighted by Gasteiger charge is -2.07. The minimum atomic E-state index is -0.375. The Hall–Kier alpha value is -3.07. The monoisotopic (exact) mass is 345 g/mol. The van der Waals surface area contributed by atoms with Crippen molar-refractivity contribution in [1.29, 1.82) is 0 Å². The fraction of sp³-hybridized carbons (Fsp3) is 0.250. The van der Waals surface area contributed by atoms with E-state index in [1.165, 1.54) is 53.1 Å². The number of nitrogens with one attached hydrogen (secondary N) is 1. The van der Waals surface area contributed by atoms with E-state index in [1.54, 1.807) is 0 Å². The van der Waals surface area contributed by atoms with Crippen LogP contribution in [-0.2, 0) is 16.1 Å². The fourth-order valence-electron chi connectivity index (χ4n) is 2.34. The van der Waals surface area contributed by atoms with Crippen LogP contribution < -0.4 is 10.9 Å². The van der Waals surface area contributed by atoms with Crippen molar-refractivity contribution >= 4 is 16.9 Å². The summed E-state index contributed by atoms with van der Waals surface area (Å²) in [4.78, 5) is 28.5. The van der Waals surface area contributed by atoms with Crippen LogP contribution in [0, 0.1) is 5.82 Å². The molecule has 0 atom stereocenters. The first-order valence-electron chi connectivity index (χ1n) is 7.55. The van der Waals surface area contributed by atoms with E-state index in [-0.39, 0.29) is 29.2 Å². The highest BCUT2D eigenvalue weighted by Gasteiger charge is 2.13. The molecule has 130 valence electrons. The van der Waals surface area contributed by atoms with Crippen molar-refractivity contribution in [2.75, 3.05) is 20.3 Å². The van der Waals surface area contributed by atoms with Gasteiger partial charge in [-0.25, -0.2) is 14.1 Å². The molecule has 0 unspecified atom stereocenters. The molecule has 2 heterocycles. The van der Waals surface area contributed by atoms with Crippen LogP contribution >= 0.6 is 0 Å². The summed E-state index contributed by atoms with van der Waals surface area (Å²) in [6.07, 6.45) is 2.68. The molecule has 0 aliphatic heterocycles. The van der Waals surface area contributed by atoms with Crippen molar-refractivity contribution in [2.24, 2.45) is 0 Å². The summed E-state index contributed by atoms with van der Waals surface area (Å²) in [5, 5.41) is 7.05. The van der Waals surface area contributed by atoms with Gasteiger partial charge in [0.1, 0.15) is 24.1 Å². The third-order valence-corrected chi connectivity index (χ3v) is 3.57. The van der Waals surface area contributed by atoms with Crippen LogP contribution in [0.1, 0.15) is 0 Å². The Balaban J connectivity index is 1.87. The number of rotatable bonds is 6. The van der Waals surface area contributed by atoms with Gasteiger partial charge in [-0.3, -0.25) is 14.2 Å². The summed E-state index contributed by atoms with van der Waals surface area (Å²) in [5.41, 5.74) is 0.547. The minimum absolute atomic E-state index is 0.146.